The van der Waals surface area contributed by atoms with Crippen LogP contribution in [0.5, 0.6) is 0 Å². The summed E-state index contributed by atoms with van der Waals surface area (Å²) < 4.78 is 1.81. The van der Waals surface area contributed by atoms with Crippen LogP contribution in [-0.4, -0.2) is 9.78 Å². The molecule has 0 aliphatic carbocycles. The van der Waals surface area contributed by atoms with Gasteiger partial charge in [0, 0.05) is 12.7 Å². The molecule has 4 heteroatoms. The number of rotatable bonds is 5. The highest BCUT2D eigenvalue weighted by Crippen LogP contribution is 2.15. The third kappa shape index (κ3) is 3.49. The number of aromatic nitrogens is 2. The molecule has 0 radical (unpaired) electrons. The fourth-order valence-corrected chi connectivity index (χ4v) is 1.92. The monoisotopic (exact) mass is 249 g/mol. The molecular weight excluding hydrogens is 234 g/mol. The predicted molar refractivity (Wildman–Crippen MR) is 71.0 cm³/mol. The highest BCUT2D eigenvalue weighted by molar-refractivity contribution is 6.32. The molecule has 17 heavy (non-hydrogen) atoms. The smallest absolute Gasteiger partial charge is 0.164 e. The van der Waals surface area contributed by atoms with E-state index in [-0.39, 0.29) is 0 Å². The van der Waals surface area contributed by atoms with Gasteiger partial charge in [0.15, 0.2) is 5.82 Å². The Balaban J connectivity index is 1.73. The molecule has 2 N–H and O–H groups in total. The Morgan fingerprint density at radius 1 is 1.18 bits per heavy atom. The van der Waals surface area contributed by atoms with Crippen LogP contribution < -0.4 is 5.73 Å². The maximum atomic E-state index is 5.83. The summed E-state index contributed by atoms with van der Waals surface area (Å²) in [6.45, 7) is 0.865. The number of nitrogen functional groups attached to an aromatic ring is 1. The lowest BCUT2D eigenvalue weighted by molar-refractivity contribution is 0.559. The number of nitrogens with zero attached hydrogens (tertiary/aromatic N) is 2. The lowest BCUT2D eigenvalue weighted by Gasteiger charge is -2.02. The van der Waals surface area contributed by atoms with E-state index < -0.39 is 0 Å². The molecule has 1 aromatic heterocycles. The summed E-state index contributed by atoms with van der Waals surface area (Å²) in [5, 5.41) is 4.65. The molecule has 90 valence electrons. The summed E-state index contributed by atoms with van der Waals surface area (Å²) in [7, 11) is 0. The largest absolute Gasteiger partial charge is 0.381 e. The molecule has 0 amide bonds. The first-order valence-electron chi connectivity index (χ1n) is 5.78. The van der Waals surface area contributed by atoms with Crippen molar-refractivity contribution in [1.29, 1.82) is 0 Å². The van der Waals surface area contributed by atoms with Gasteiger partial charge in [0.2, 0.25) is 0 Å². The van der Waals surface area contributed by atoms with Gasteiger partial charge in [-0.15, -0.1) is 0 Å². The van der Waals surface area contributed by atoms with Gasteiger partial charge in [-0.3, -0.25) is 4.68 Å². The predicted octanol–water partition coefficient (Wildman–Crippen LogP) is 3.14. The van der Waals surface area contributed by atoms with E-state index in [9.17, 15) is 0 Å². The van der Waals surface area contributed by atoms with E-state index in [2.05, 4.69) is 29.4 Å². The molecule has 3 nitrogen and oxygen atoms in total. The van der Waals surface area contributed by atoms with Crippen LogP contribution in [-0.2, 0) is 13.0 Å². The van der Waals surface area contributed by atoms with Crippen molar-refractivity contribution in [2.75, 3.05) is 5.73 Å². The lowest BCUT2D eigenvalue weighted by atomic mass is 10.1. The van der Waals surface area contributed by atoms with Crippen molar-refractivity contribution >= 4 is 17.4 Å². The van der Waals surface area contributed by atoms with Crippen molar-refractivity contribution in [3.8, 4) is 0 Å². The second-order valence-corrected chi connectivity index (χ2v) is 4.48. The van der Waals surface area contributed by atoms with Gasteiger partial charge in [-0.25, -0.2) is 0 Å². The Morgan fingerprint density at radius 3 is 2.59 bits per heavy atom. The number of anilines is 1. The van der Waals surface area contributed by atoms with E-state index >= 15 is 0 Å². The number of unbranched alkanes of at least 4 members (excludes halogenated alkanes) is 1. The molecule has 0 unspecified atom stereocenters. The molecule has 0 fully saturated rings. The van der Waals surface area contributed by atoms with E-state index in [1.165, 1.54) is 5.56 Å². The van der Waals surface area contributed by atoms with Crippen LogP contribution >= 0.6 is 11.6 Å². The Bertz CT molecular complexity index is 445. The summed E-state index contributed by atoms with van der Waals surface area (Å²) in [5.74, 6) is 0.412. The summed E-state index contributed by atoms with van der Waals surface area (Å²) in [5.41, 5.74) is 6.95. The van der Waals surface area contributed by atoms with Crippen LogP contribution in [0.15, 0.2) is 36.5 Å². The third-order valence-corrected chi connectivity index (χ3v) is 2.98. The van der Waals surface area contributed by atoms with Gasteiger partial charge in [0.25, 0.3) is 0 Å². The Morgan fingerprint density at radius 2 is 1.94 bits per heavy atom. The van der Waals surface area contributed by atoms with Gasteiger partial charge < -0.3 is 5.73 Å². The van der Waals surface area contributed by atoms with Crippen LogP contribution in [0.4, 0.5) is 5.82 Å². The van der Waals surface area contributed by atoms with Crippen molar-refractivity contribution in [2.24, 2.45) is 0 Å². The van der Waals surface area contributed by atoms with Gasteiger partial charge in [0.05, 0.1) is 0 Å². The average Bonchev–Trinajstić information content (AvgIpc) is 2.66. The lowest BCUT2D eigenvalue weighted by Crippen LogP contribution is -2.00. The Labute approximate surface area is 106 Å². The molecule has 0 saturated carbocycles. The molecular formula is C13H16ClN3. The summed E-state index contributed by atoms with van der Waals surface area (Å²) >= 11 is 5.83. The average molecular weight is 250 g/mol. The zero-order chi connectivity index (χ0) is 12.1. The number of aryl methyl sites for hydroxylation is 2. The second kappa shape index (κ2) is 5.73. The fourth-order valence-electron chi connectivity index (χ4n) is 1.77. The first-order valence-corrected chi connectivity index (χ1v) is 6.16. The first kappa shape index (κ1) is 12.0. The molecule has 0 aliphatic rings. The highest BCUT2D eigenvalue weighted by Gasteiger charge is 2.01. The number of hydrogen-bond donors (Lipinski definition) is 1. The normalized spacial score (nSPS) is 10.6. The van der Waals surface area contributed by atoms with Crippen molar-refractivity contribution in [3.05, 3.63) is 47.1 Å². The van der Waals surface area contributed by atoms with Crippen LogP contribution in [0.3, 0.4) is 0 Å². The van der Waals surface area contributed by atoms with Gasteiger partial charge in [-0.05, 0) is 24.8 Å². The summed E-state index contributed by atoms with van der Waals surface area (Å²) in [6.07, 6.45) is 5.10. The molecule has 0 saturated heterocycles. The van der Waals surface area contributed by atoms with Gasteiger partial charge in [-0.2, -0.15) is 5.10 Å². The second-order valence-electron chi connectivity index (χ2n) is 4.07. The van der Waals surface area contributed by atoms with Gasteiger partial charge in [-0.1, -0.05) is 41.9 Å². The van der Waals surface area contributed by atoms with Crippen molar-refractivity contribution in [3.63, 3.8) is 0 Å². The van der Waals surface area contributed by atoms with Crippen LogP contribution in [0.1, 0.15) is 18.4 Å². The van der Waals surface area contributed by atoms with E-state index in [0.29, 0.717) is 10.8 Å². The number of hydrogen-bond acceptors (Lipinski definition) is 2. The van der Waals surface area contributed by atoms with E-state index in [0.717, 1.165) is 25.8 Å². The van der Waals surface area contributed by atoms with E-state index in [4.69, 9.17) is 17.3 Å². The molecule has 2 rings (SSSR count). The topological polar surface area (TPSA) is 43.8 Å². The summed E-state index contributed by atoms with van der Waals surface area (Å²) in [6, 6.07) is 10.5. The summed E-state index contributed by atoms with van der Waals surface area (Å²) in [4.78, 5) is 0. The minimum absolute atomic E-state index is 0.412. The van der Waals surface area contributed by atoms with Crippen LogP contribution in [0.2, 0.25) is 5.02 Å². The van der Waals surface area contributed by atoms with Crippen molar-refractivity contribution < 1.29 is 0 Å². The molecule has 0 spiro atoms. The third-order valence-electron chi connectivity index (χ3n) is 2.69. The van der Waals surface area contributed by atoms with Crippen molar-refractivity contribution in [1.82, 2.24) is 9.78 Å². The molecule has 0 bridgehead atoms. The van der Waals surface area contributed by atoms with Gasteiger partial charge in [0.1, 0.15) is 5.02 Å². The van der Waals surface area contributed by atoms with Crippen LogP contribution in [0, 0.1) is 0 Å². The quantitative estimate of drug-likeness (QED) is 0.828. The standard InChI is InChI=1S/C13H16ClN3/c14-12-10-17(16-13(12)15)9-5-4-8-11-6-2-1-3-7-11/h1-3,6-7,10H,4-5,8-9H2,(H2,15,16). The van der Waals surface area contributed by atoms with E-state index in [1.807, 2.05) is 10.7 Å². The SMILES string of the molecule is Nc1nn(CCCCc2ccccc2)cc1Cl. The zero-order valence-electron chi connectivity index (χ0n) is 9.64. The zero-order valence-corrected chi connectivity index (χ0v) is 10.4. The molecule has 0 atom stereocenters. The fraction of sp³-hybridized carbons (Fsp3) is 0.308. The number of nitrogens with two attached hydrogens (primary N) is 1. The highest BCUT2D eigenvalue weighted by atomic mass is 35.5. The van der Waals surface area contributed by atoms with Crippen LogP contribution in [0.25, 0.3) is 0 Å². The number of halogens is 1. The molecule has 1 aromatic carbocycles. The minimum atomic E-state index is 0.412. The first-order chi connectivity index (χ1) is 8.25. The number of benzene rings is 1. The van der Waals surface area contributed by atoms with E-state index in [1.54, 1.807) is 6.20 Å². The Hall–Kier alpha value is -1.48. The van der Waals surface area contributed by atoms with Gasteiger partial charge >= 0.3 is 0 Å². The molecule has 2 aromatic rings. The van der Waals surface area contributed by atoms with Crippen molar-refractivity contribution in [2.45, 2.75) is 25.8 Å². The maximum absolute atomic E-state index is 5.83. The molecule has 0 aliphatic heterocycles. The molecule has 1 heterocycles. The minimum Gasteiger partial charge on any atom is -0.381 e. The maximum Gasteiger partial charge on any atom is 0.164 e. The Kier molecular flexibility index (Phi) is 4.04.